The zero-order valence-corrected chi connectivity index (χ0v) is 5.57. The van der Waals surface area contributed by atoms with Crippen molar-refractivity contribution >= 4 is 5.97 Å². The summed E-state index contributed by atoms with van der Waals surface area (Å²) >= 11 is 0. The quantitative estimate of drug-likeness (QED) is 0.193. The smallest absolute Gasteiger partial charge is 0.333 e. The molecule has 0 atom stereocenters. The number of azide groups is 1. The summed E-state index contributed by atoms with van der Waals surface area (Å²) in [4.78, 5) is 13.0. The van der Waals surface area contributed by atoms with Gasteiger partial charge in [-0.05, 0) is 5.53 Å². The van der Waals surface area contributed by atoms with Crippen molar-refractivity contribution in [2.45, 2.75) is 0 Å². The minimum absolute atomic E-state index is 0.0385. The van der Waals surface area contributed by atoms with Gasteiger partial charge in [0, 0.05) is 10.5 Å². The average molecular weight is 141 g/mol. The molecule has 0 saturated carbocycles. The second-order valence-corrected chi connectivity index (χ2v) is 1.48. The van der Waals surface area contributed by atoms with Crippen LogP contribution in [0.2, 0.25) is 0 Å². The molecule has 5 nitrogen and oxygen atoms in total. The molecule has 5 heteroatoms. The van der Waals surface area contributed by atoms with E-state index in [0.717, 1.165) is 0 Å². The Kier molecular flexibility index (Phi) is 3.75. The molecule has 0 aliphatic rings. The third kappa shape index (κ3) is 2.74. The molecule has 0 unspecified atom stereocenters. The Morgan fingerprint density at radius 3 is 2.90 bits per heavy atom. The highest BCUT2D eigenvalue weighted by molar-refractivity contribution is 5.88. The Balaban J connectivity index is 3.85. The summed E-state index contributed by atoms with van der Waals surface area (Å²) in [6.07, 6.45) is 0. The van der Waals surface area contributed by atoms with Crippen LogP contribution in [0.15, 0.2) is 17.3 Å². The lowest BCUT2D eigenvalue weighted by molar-refractivity contribution is -0.136. The van der Waals surface area contributed by atoms with Crippen molar-refractivity contribution in [2.24, 2.45) is 5.11 Å². The van der Waals surface area contributed by atoms with Crippen molar-refractivity contribution in [1.82, 2.24) is 0 Å². The molecular formula is C5H7N3O2. The number of carbonyl (C=O) groups is 1. The van der Waals surface area contributed by atoms with Crippen molar-refractivity contribution in [3.8, 4) is 0 Å². The second kappa shape index (κ2) is 4.40. The fourth-order valence-corrected chi connectivity index (χ4v) is 0.326. The van der Waals surface area contributed by atoms with Gasteiger partial charge in [-0.2, -0.15) is 0 Å². The van der Waals surface area contributed by atoms with Crippen LogP contribution in [0.1, 0.15) is 0 Å². The number of hydrogen-bond donors (Lipinski definition) is 0. The highest BCUT2D eigenvalue weighted by Gasteiger charge is 2.02. The maximum absolute atomic E-state index is 10.5. The lowest BCUT2D eigenvalue weighted by Crippen LogP contribution is -2.05. The third-order valence-corrected chi connectivity index (χ3v) is 0.799. The van der Waals surface area contributed by atoms with E-state index < -0.39 is 5.97 Å². The number of methoxy groups -OCH3 is 1. The minimum Gasteiger partial charge on any atom is -0.466 e. The van der Waals surface area contributed by atoms with Gasteiger partial charge >= 0.3 is 5.97 Å². The topological polar surface area (TPSA) is 75.1 Å². The minimum atomic E-state index is -0.549. The molecule has 0 rings (SSSR count). The van der Waals surface area contributed by atoms with Crippen LogP contribution < -0.4 is 0 Å². The van der Waals surface area contributed by atoms with Crippen LogP contribution in [0.25, 0.3) is 10.4 Å². The molecule has 54 valence electrons. The van der Waals surface area contributed by atoms with E-state index in [1.807, 2.05) is 0 Å². The number of hydrogen-bond acceptors (Lipinski definition) is 3. The van der Waals surface area contributed by atoms with Crippen LogP contribution in [0.3, 0.4) is 0 Å². The first-order valence-corrected chi connectivity index (χ1v) is 2.49. The van der Waals surface area contributed by atoms with Crippen molar-refractivity contribution in [3.63, 3.8) is 0 Å². The standard InChI is InChI=1S/C5H7N3O2/c1-4(3-7-8-6)5(9)10-2/h1,3H2,2H3. The van der Waals surface area contributed by atoms with Gasteiger partial charge < -0.3 is 4.74 Å². The molecule has 0 aromatic carbocycles. The molecule has 0 radical (unpaired) electrons. The van der Waals surface area contributed by atoms with Crippen molar-refractivity contribution in [2.75, 3.05) is 13.7 Å². The van der Waals surface area contributed by atoms with Gasteiger partial charge in [0.2, 0.25) is 0 Å². The van der Waals surface area contributed by atoms with Gasteiger partial charge in [0.15, 0.2) is 0 Å². The Morgan fingerprint density at radius 1 is 1.90 bits per heavy atom. The Labute approximate surface area is 57.9 Å². The molecule has 0 aromatic heterocycles. The van der Waals surface area contributed by atoms with Crippen LogP contribution in [0.5, 0.6) is 0 Å². The summed E-state index contributed by atoms with van der Waals surface area (Å²) in [5.41, 5.74) is 7.99. The zero-order valence-electron chi connectivity index (χ0n) is 5.57. The highest BCUT2D eigenvalue weighted by Crippen LogP contribution is 1.93. The molecule has 0 aromatic rings. The average Bonchev–Trinajstić information content (AvgIpc) is 1.98. The molecule has 0 fully saturated rings. The molecule has 0 heterocycles. The lowest BCUT2D eigenvalue weighted by Gasteiger charge is -1.96. The van der Waals surface area contributed by atoms with E-state index in [-0.39, 0.29) is 12.1 Å². The fourth-order valence-electron chi connectivity index (χ4n) is 0.326. The van der Waals surface area contributed by atoms with Crippen LogP contribution in [-0.4, -0.2) is 19.6 Å². The van der Waals surface area contributed by atoms with Gasteiger partial charge in [-0.15, -0.1) is 0 Å². The number of ether oxygens (including phenoxy) is 1. The molecule has 0 bridgehead atoms. The summed E-state index contributed by atoms with van der Waals surface area (Å²) in [6.45, 7) is 3.29. The van der Waals surface area contributed by atoms with Gasteiger partial charge in [-0.1, -0.05) is 11.7 Å². The Bertz CT molecular complexity index is 193. The monoisotopic (exact) mass is 141 g/mol. The van der Waals surface area contributed by atoms with E-state index in [1.165, 1.54) is 7.11 Å². The molecule has 10 heavy (non-hydrogen) atoms. The van der Waals surface area contributed by atoms with E-state index >= 15 is 0 Å². The Hall–Kier alpha value is -1.48. The number of esters is 1. The molecular weight excluding hydrogens is 134 g/mol. The van der Waals surface area contributed by atoms with Crippen LogP contribution in [-0.2, 0) is 9.53 Å². The normalized spacial score (nSPS) is 7.70. The van der Waals surface area contributed by atoms with Gasteiger partial charge in [0.1, 0.15) is 0 Å². The molecule has 0 aliphatic carbocycles. The highest BCUT2D eigenvalue weighted by atomic mass is 16.5. The van der Waals surface area contributed by atoms with Gasteiger partial charge in [0.25, 0.3) is 0 Å². The second-order valence-electron chi connectivity index (χ2n) is 1.48. The van der Waals surface area contributed by atoms with Crippen LogP contribution >= 0.6 is 0 Å². The van der Waals surface area contributed by atoms with E-state index in [0.29, 0.717) is 0 Å². The fraction of sp³-hybridized carbons (Fsp3) is 0.400. The SMILES string of the molecule is C=C(CN=[N+]=[N-])C(=O)OC. The van der Waals surface area contributed by atoms with E-state index in [4.69, 9.17) is 5.53 Å². The summed E-state index contributed by atoms with van der Waals surface area (Å²) in [5.74, 6) is -0.549. The van der Waals surface area contributed by atoms with Crippen molar-refractivity contribution in [1.29, 1.82) is 0 Å². The van der Waals surface area contributed by atoms with E-state index in [9.17, 15) is 4.79 Å². The Morgan fingerprint density at radius 2 is 2.50 bits per heavy atom. The molecule has 0 amide bonds. The largest absolute Gasteiger partial charge is 0.466 e. The van der Waals surface area contributed by atoms with Gasteiger partial charge in [-0.25, -0.2) is 4.79 Å². The predicted octanol–water partition coefficient (Wildman–Crippen LogP) is 1.03. The number of nitrogens with zero attached hydrogens (tertiary/aromatic N) is 3. The summed E-state index contributed by atoms with van der Waals surface area (Å²) in [5, 5.41) is 3.12. The molecule has 0 spiro atoms. The number of carbonyl (C=O) groups excluding carboxylic acids is 1. The molecule has 0 saturated heterocycles. The van der Waals surface area contributed by atoms with Crippen molar-refractivity contribution in [3.05, 3.63) is 22.6 Å². The summed E-state index contributed by atoms with van der Waals surface area (Å²) < 4.78 is 4.29. The van der Waals surface area contributed by atoms with Gasteiger partial charge in [0.05, 0.1) is 13.7 Å². The lowest BCUT2D eigenvalue weighted by atomic mass is 10.3. The first-order chi connectivity index (χ1) is 4.72. The third-order valence-electron chi connectivity index (χ3n) is 0.799. The summed E-state index contributed by atoms with van der Waals surface area (Å²) in [7, 11) is 1.24. The van der Waals surface area contributed by atoms with E-state index in [1.54, 1.807) is 0 Å². The maximum atomic E-state index is 10.5. The first kappa shape index (κ1) is 8.52. The predicted molar refractivity (Wildman–Crippen MR) is 35.2 cm³/mol. The van der Waals surface area contributed by atoms with Gasteiger partial charge in [-0.3, -0.25) is 0 Å². The zero-order chi connectivity index (χ0) is 7.98. The number of rotatable bonds is 3. The van der Waals surface area contributed by atoms with Crippen LogP contribution in [0, 0.1) is 0 Å². The van der Waals surface area contributed by atoms with Crippen molar-refractivity contribution < 1.29 is 9.53 Å². The van der Waals surface area contributed by atoms with Crippen LogP contribution in [0.4, 0.5) is 0 Å². The molecule has 0 N–H and O–H groups in total. The molecule has 0 aliphatic heterocycles. The first-order valence-electron chi connectivity index (χ1n) is 2.49. The summed E-state index contributed by atoms with van der Waals surface area (Å²) in [6, 6.07) is 0. The van der Waals surface area contributed by atoms with E-state index in [2.05, 4.69) is 21.3 Å². The maximum Gasteiger partial charge on any atom is 0.333 e.